The average Bonchev–Trinajstić information content (AvgIpc) is 2.34. The van der Waals surface area contributed by atoms with Gasteiger partial charge in [-0.15, -0.1) is 0 Å². The van der Waals surface area contributed by atoms with Crippen LogP contribution in [0, 0.1) is 0 Å². The van der Waals surface area contributed by atoms with Crippen molar-refractivity contribution in [3.63, 3.8) is 0 Å². The number of hydrazone groups is 1. The fourth-order valence-corrected chi connectivity index (χ4v) is 1.06. The van der Waals surface area contributed by atoms with Crippen LogP contribution in [0.15, 0.2) is 29.4 Å². The molecule has 0 atom stereocenters. The van der Waals surface area contributed by atoms with Crippen LogP contribution in [0.2, 0.25) is 0 Å². The Balaban J connectivity index is 2.57. The Morgan fingerprint density at radius 2 is 2.19 bits per heavy atom. The second kappa shape index (κ2) is 6.58. The van der Waals surface area contributed by atoms with Crippen LogP contribution in [0.25, 0.3) is 0 Å². The monoisotopic (exact) mass is 222 g/mol. The van der Waals surface area contributed by atoms with Crippen LogP contribution in [0.1, 0.15) is 15.9 Å². The van der Waals surface area contributed by atoms with Gasteiger partial charge >= 0.3 is 5.97 Å². The Morgan fingerprint density at radius 3 is 2.75 bits per heavy atom. The molecule has 0 aliphatic rings. The number of ether oxygens (including phenoxy) is 1. The van der Waals surface area contributed by atoms with Crippen LogP contribution >= 0.6 is 0 Å². The predicted molar refractivity (Wildman–Crippen MR) is 60.5 cm³/mol. The summed E-state index contributed by atoms with van der Waals surface area (Å²) in [6.07, 6.45) is 1.61. The minimum Gasteiger partial charge on any atom is -0.465 e. The van der Waals surface area contributed by atoms with E-state index in [0.29, 0.717) is 12.1 Å². The molecule has 0 saturated carbocycles. The number of hydrogen-bond donors (Lipinski definition) is 2. The summed E-state index contributed by atoms with van der Waals surface area (Å²) in [6.45, 7) is 0.454. The summed E-state index contributed by atoms with van der Waals surface area (Å²) in [7, 11) is 1.34. The van der Waals surface area contributed by atoms with Crippen LogP contribution < -0.4 is 5.43 Å². The van der Waals surface area contributed by atoms with Crippen molar-refractivity contribution in [2.24, 2.45) is 5.10 Å². The van der Waals surface area contributed by atoms with Crippen LogP contribution in [0.5, 0.6) is 0 Å². The van der Waals surface area contributed by atoms with Gasteiger partial charge in [0.05, 0.1) is 32.0 Å². The molecule has 5 nitrogen and oxygen atoms in total. The lowest BCUT2D eigenvalue weighted by Gasteiger charge is -1.99. The quantitative estimate of drug-likeness (QED) is 0.327. The standard InChI is InChI=1S/C11H14N2O3/c1-16-11(15)10-4-2-9(3-5-10)8-13-12-6-7-14/h2-5,8,12,14H,6-7H2,1H3. The number of carbonyl (C=O) groups excluding carboxylic acids is 1. The number of aliphatic hydroxyl groups is 1. The molecule has 0 heterocycles. The molecule has 0 aliphatic carbocycles. The van der Waals surface area contributed by atoms with Crippen LogP contribution in [0.3, 0.4) is 0 Å². The summed E-state index contributed by atoms with van der Waals surface area (Å²) >= 11 is 0. The second-order valence-electron chi connectivity index (χ2n) is 3.00. The number of nitrogens with zero attached hydrogens (tertiary/aromatic N) is 1. The third-order valence-electron chi connectivity index (χ3n) is 1.86. The van der Waals surface area contributed by atoms with Gasteiger partial charge in [0.2, 0.25) is 0 Å². The molecular formula is C11H14N2O3. The Bertz CT molecular complexity index is 360. The van der Waals surface area contributed by atoms with E-state index in [1.807, 2.05) is 0 Å². The minimum atomic E-state index is -0.359. The number of hydrogen-bond acceptors (Lipinski definition) is 5. The molecule has 0 fully saturated rings. The van der Waals surface area contributed by atoms with Crippen molar-refractivity contribution >= 4 is 12.2 Å². The van der Waals surface area contributed by atoms with Crippen molar-refractivity contribution in [1.29, 1.82) is 0 Å². The van der Waals surface area contributed by atoms with Crippen molar-refractivity contribution in [2.75, 3.05) is 20.3 Å². The molecule has 0 spiro atoms. The Morgan fingerprint density at radius 1 is 1.50 bits per heavy atom. The van der Waals surface area contributed by atoms with Gasteiger partial charge in [0.25, 0.3) is 0 Å². The zero-order valence-electron chi connectivity index (χ0n) is 9.01. The highest BCUT2D eigenvalue weighted by atomic mass is 16.5. The van der Waals surface area contributed by atoms with E-state index in [-0.39, 0.29) is 12.6 Å². The largest absolute Gasteiger partial charge is 0.465 e. The van der Waals surface area contributed by atoms with Gasteiger partial charge in [0, 0.05) is 0 Å². The normalized spacial score (nSPS) is 10.4. The van der Waals surface area contributed by atoms with E-state index in [2.05, 4.69) is 15.3 Å². The number of rotatable bonds is 5. The van der Waals surface area contributed by atoms with Crippen LogP contribution in [-0.4, -0.2) is 37.6 Å². The lowest BCUT2D eigenvalue weighted by atomic mass is 10.1. The molecule has 86 valence electrons. The smallest absolute Gasteiger partial charge is 0.337 e. The van der Waals surface area contributed by atoms with Gasteiger partial charge in [-0.05, 0) is 17.7 Å². The molecule has 5 heteroatoms. The third-order valence-corrected chi connectivity index (χ3v) is 1.86. The zero-order valence-corrected chi connectivity index (χ0v) is 9.01. The third kappa shape index (κ3) is 3.70. The Labute approximate surface area is 93.7 Å². The number of benzene rings is 1. The van der Waals surface area contributed by atoms with Crippen molar-refractivity contribution in [3.05, 3.63) is 35.4 Å². The van der Waals surface area contributed by atoms with Crippen molar-refractivity contribution in [3.8, 4) is 0 Å². The van der Waals surface area contributed by atoms with Gasteiger partial charge in [0.1, 0.15) is 0 Å². The van der Waals surface area contributed by atoms with Crippen LogP contribution in [0.4, 0.5) is 0 Å². The highest BCUT2D eigenvalue weighted by molar-refractivity contribution is 5.90. The van der Waals surface area contributed by atoms with E-state index in [4.69, 9.17) is 5.11 Å². The maximum absolute atomic E-state index is 11.1. The molecule has 0 unspecified atom stereocenters. The lowest BCUT2D eigenvalue weighted by molar-refractivity contribution is 0.0600. The molecule has 0 aromatic heterocycles. The van der Waals surface area contributed by atoms with Crippen LogP contribution in [-0.2, 0) is 4.74 Å². The molecule has 0 radical (unpaired) electrons. The molecule has 0 aliphatic heterocycles. The summed E-state index contributed by atoms with van der Waals surface area (Å²) in [4.78, 5) is 11.1. The second-order valence-corrected chi connectivity index (χ2v) is 3.00. The van der Waals surface area contributed by atoms with Gasteiger partial charge in [-0.1, -0.05) is 12.1 Å². The molecule has 1 aromatic rings. The first-order chi connectivity index (χ1) is 7.77. The van der Waals surface area contributed by atoms with E-state index in [9.17, 15) is 4.79 Å². The molecule has 0 saturated heterocycles. The summed E-state index contributed by atoms with van der Waals surface area (Å²) in [5.74, 6) is -0.359. The molecule has 16 heavy (non-hydrogen) atoms. The van der Waals surface area contributed by atoms with Gasteiger partial charge in [-0.25, -0.2) is 4.79 Å². The first-order valence-electron chi connectivity index (χ1n) is 4.83. The summed E-state index contributed by atoms with van der Waals surface area (Å²) in [6, 6.07) is 6.85. The fraction of sp³-hybridized carbons (Fsp3) is 0.273. The number of carbonyl (C=O) groups is 1. The molecule has 2 N–H and O–H groups in total. The van der Waals surface area contributed by atoms with Gasteiger partial charge in [0.15, 0.2) is 0 Å². The topological polar surface area (TPSA) is 70.9 Å². The van der Waals surface area contributed by atoms with E-state index >= 15 is 0 Å². The molecule has 0 bridgehead atoms. The maximum atomic E-state index is 11.1. The van der Waals surface area contributed by atoms with Crippen molar-refractivity contribution in [2.45, 2.75) is 0 Å². The average molecular weight is 222 g/mol. The van der Waals surface area contributed by atoms with Crippen molar-refractivity contribution in [1.82, 2.24) is 5.43 Å². The number of aliphatic hydroxyl groups excluding tert-OH is 1. The van der Waals surface area contributed by atoms with Gasteiger partial charge < -0.3 is 15.3 Å². The molecule has 0 amide bonds. The van der Waals surface area contributed by atoms with E-state index in [1.165, 1.54) is 7.11 Å². The van der Waals surface area contributed by atoms with Crippen molar-refractivity contribution < 1.29 is 14.6 Å². The van der Waals surface area contributed by atoms with Gasteiger partial charge in [-0.3, -0.25) is 0 Å². The molecule has 1 aromatic carbocycles. The zero-order chi connectivity index (χ0) is 11.8. The summed E-state index contributed by atoms with van der Waals surface area (Å²) in [5, 5.41) is 12.4. The van der Waals surface area contributed by atoms with E-state index in [1.54, 1.807) is 30.5 Å². The van der Waals surface area contributed by atoms with E-state index < -0.39 is 0 Å². The first kappa shape index (κ1) is 12.2. The van der Waals surface area contributed by atoms with Gasteiger partial charge in [-0.2, -0.15) is 5.10 Å². The molecule has 1 rings (SSSR count). The predicted octanol–water partition coefficient (Wildman–Crippen LogP) is 0.389. The summed E-state index contributed by atoms with van der Waals surface area (Å²) in [5.41, 5.74) is 4.02. The fourth-order valence-electron chi connectivity index (χ4n) is 1.06. The minimum absolute atomic E-state index is 0.0403. The Kier molecular flexibility index (Phi) is 5.01. The summed E-state index contributed by atoms with van der Waals surface area (Å²) < 4.78 is 4.58. The maximum Gasteiger partial charge on any atom is 0.337 e. The number of nitrogens with one attached hydrogen (secondary N) is 1. The highest BCUT2D eigenvalue weighted by Gasteiger charge is 2.02. The van der Waals surface area contributed by atoms with E-state index in [0.717, 1.165) is 5.56 Å². The lowest BCUT2D eigenvalue weighted by Crippen LogP contribution is -2.11. The SMILES string of the molecule is COC(=O)c1ccc(C=NNCCO)cc1. The molecular weight excluding hydrogens is 208 g/mol. The Hall–Kier alpha value is -1.88. The first-order valence-corrected chi connectivity index (χ1v) is 4.83. The number of esters is 1. The highest BCUT2D eigenvalue weighted by Crippen LogP contribution is 2.03. The number of methoxy groups -OCH3 is 1.